The molecule has 2 rings (SSSR count). The predicted octanol–water partition coefficient (Wildman–Crippen LogP) is 2.35. The van der Waals surface area contributed by atoms with E-state index in [9.17, 15) is 14.4 Å². The molecule has 0 bridgehead atoms. The summed E-state index contributed by atoms with van der Waals surface area (Å²) < 4.78 is 34.3. The molecule has 4 unspecified atom stereocenters. The van der Waals surface area contributed by atoms with Crippen LogP contribution in [0.15, 0.2) is 0 Å². The molecule has 184 valence electrons. The Morgan fingerprint density at radius 2 is 1.28 bits per heavy atom. The zero-order chi connectivity index (χ0) is 24.2. The zero-order valence-electron chi connectivity index (χ0n) is 19.8. The highest BCUT2D eigenvalue weighted by Gasteiger charge is 2.49. The maximum atomic E-state index is 11.6. The van der Waals surface area contributed by atoms with Crippen molar-refractivity contribution < 1.29 is 42.8 Å². The maximum absolute atomic E-state index is 11.6. The highest BCUT2D eigenvalue weighted by Crippen LogP contribution is 2.39. The number of hydrogen-bond donors (Lipinski definition) is 1. The van der Waals surface area contributed by atoms with E-state index in [-0.39, 0.29) is 49.0 Å². The number of hydrogen-bond acceptors (Lipinski definition) is 10. The van der Waals surface area contributed by atoms with Crippen LogP contribution in [-0.4, -0.2) is 67.3 Å². The van der Waals surface area contributed by atoms with Crippen molar-refractivity contribution in [1.82, 2.24) is 0 Å². The van der Waals surface area contributed by atoms with Crippen LogP contribution in [0.5, 0.6) is 0 Å². The van der Waals surface area contributed by atoms with E-state index >= 15 is 0 Å². The third-order valence-corrected chi connectivity index (χ3v) is 6.89. The second-order valence-corrected chi connectivity index (χ2v) is 9.33. The van der Waals surface area contributed by atoms with Gasteiger partial charge < -0.3 is 28.4 Å². The summed E-state index contributed by atoms with van der Waals surface area (Å²) in [4.78, 5) is 34.3. The largest absolute Gasteiger partial charge is 0.463 e. The normalized spacial score (nSPS) is 39.8. The Bertz CT molecular complexity index is 670. The summed E-state index contributed by atoms with van der Waals surface area (Å²) in [6, 6.07) is 0. The molecule has 2 fully saturated rings. The molecular formula is C22H36O9S. The summed E-state index contributed by atoms with van der Waals surface area (Å²) in [6.45, 7) is 12.2. The highest BCUT2D eigenvalue weighted by atomic mass is 32.1. The third-order valence-electron chi connectivity index (χ3n) is 6.48. The summed E-state index contributed by atoms with van der Waals surface area (Å²) in [5.41, 5.74) is -0.699. The van der Waals surface area contributed by atoms with Gasteiger partial charge in [0.05, 0.1) is 12.2 Å². The summed E-state index contributed by atoms with van der Waals surface area (Å²) in [7, 11) is 0. The molecule has 0 saturated carbocycles. The van der Waals surface area contributed by atoms with Crippen molar-refractivity contribution in [3.8, 4) is 0 Å². The monoisotopic (exact) mass is 476 g/mol. The van der Waals surface area contributed by atoms with Crippen molar-refractivity contribution in [2.24, 2.45) is 23.7 Å². The SMILES string of the molecule is CC(=O)OCC1O[C@H](O[C@@H]2C(COC(C)=O)O[C@@H](S)C(OC(C)=O)[C@H]2C)C(C)[C@@H](C)[C@@H]1C. The van der Waals surface area contributed by atoms with Crippen LogP contribution in [0, 0.1) is 23.7 Å². The minimum atomic E-state index is -0.699. The van der Waals surface area contributed by atoms with Gasteiger partial charge in [0, 0.05) is 32.6 Å². The van der Waals surface area contributed by atoms with E-state index in [0.717, 1.165) is 0 Å². The number of rotatable bonds is 7. The summed E-state index contributed by atoms with van der Waals surface area (Å²) in [6.07, 6.45) is -2.82. The number of thiol groups is 1. The molecule has 0 spiro atoms. The van der Waals surface area contributed by atoms with Crippen LogP contribution in [0.3, 0.4) is 0 Å². The van der Waals surface area contributed by atoms with E-state index in [1.165, 1.54) is 20.8 Å². The third kappa shape index (κ3) is 6.82. The lowest BCUT2D eigenvalue weighted by molar-refractivity contribution is -0.305. The van der Waals surface area contributed by atoms with Gasteiger partial charge in [-0.15, -0.1) is 12.6 Å². The van der Waals surface area contributed by atoms with Crippen molar-refractivity contribution in [3.63, 3.8) is 0 Å². The van der Waals surface area contributed by atoms with Gasteiger partial charge in [0.15, 0.2) is 6.29 Å². The molecule has 2 saturated heterocycles. The van der Waals surface area contributed by atoms with Crippen molar-refractivity contribution in [1.29, 1.82) is 0 Å². The van der Waals surface area contributed by atoms with Gasteiger partial charge in [-0.3, -0.25) is 14.4 Å². The molecule has 0 N–H and O–H groups in total. The van der Waals surface area contributed by atoms with Gasteiger partial charge in [-0.25, -0.2) is 0 Å². The maximum Gasteiger partial charge on any atom is 0.303 e. The van der Waals surface area contributed by atoms with Crippen LogP contribution in [-0.2, 0) is 42.8 Å². The standard InChI is InChI=1S/C22H36O9S/c1-10-11(2)17(8-26-14(5)23)29-21(12(10)3)31-19-13(4)20(28-16(7)25)22(32)30-18(19)9-27-15(6)24/h10-13,17-22,32H,8-9H2,1-7H3/t10-,11-,12?,13-,17?,18?,19-,20?,21+,22-/m0/s1. The first-order valence-corrected chi connectivity index (χ1v) is 11.5. The Kier molecular flexibility index (Phi) is 9.81. The second kappa shape index (κ2) is 11.7. The molecule has 9 nitrogen and oxygen atoms in total. The fourth-order valence-corrected chi connectivity index (χ4v) is 4.70. The summed E-state index contributed by atoms with van der Waals surface area (Å²) in [5.74, 6) is -1.17. The molecule has 2 heterocycles. The van der Waals surface area contributed by atoms with Gasteiger partial charge in [0.2, 0.25) is 0 Å². The molecule has 0 aliphatic carbocycles. The molecule has 0 aromatic rings. The first kappa shape index (κ1) is 26.9. The number of ether oxygens (including phenoxy) is 6. The van der Waals surface area contributed by atoms with E-state index < -0.39 is 42.0 Å². The van der Waals surface area contributed by atoms with E-state index in [1.54, 1.807) is 0 Å². The quantitative estimate of drug-likeness (QED) is 0.337. The summed E-state index contributed by atoms with van der Waals surface area (Å²) in [5, 5.41) is 0. The van der Waals surface area contributed by atoms with Crippen molar-refractivity contribution in [2.45, 2.75) is 84.6 Å². The average Bonchev–Trinajstić information content (AvgIpc) is 2.70. The van der Waals surface area contributed by atoms with Gasteiger partial charge in [-0.05, 0) is 11.8 Å². The Balaban J connectivity index is 2.22. The lowest BCUT2D eigenvalue weighted by Gasteiger charge is -2.48. The molecule has 10 atom stereocenters. The van der Waals surface area contributed by atoms with Crippen molar-refractivity contribution in [3.05, 3.63) is 0 Å². The smallest absolute Gasteiger partial charge is 0.303 e. The van der Waals surface area contributed by atoms with Crippen LogP contribution in [0.1, 0.15) is 48.5 Å². The highest BCUT2D eigenvalue weighted by molar-refractivity contribution is 7.80. The molecule has 0 radical (unpaired) electrons. The van der Waals surface area contributed by atoms with Gasteiger partial charge in [-0.1, -0.05) is 27.7 Å². The fourth-order valence-electron chi connectivity index (χ4n) is 4.21. The van der Waals surface area contributed by atoms with E-state index in [2.05, 4.69) is 26.5 Å². The van der Waals surface area contributed by atoms with Crippen molar-refractivity contribution >= 4 is 30.5 Å². The summed E-state index contributed by atoms with van der Waals surface area (Å²) >= 11 is 4.43. The van der Waals surface area contributed by atoms with Crippen LogP contribution in [0.25, 0.3) is 0 Å². The van der Waals surface area contributed by atoms with E-state index in [1.807, 2.05) is 13.8 Å². The van der Waals surface area contributed by atoms with Crippen LogP contribution < -0.4 is 0 Å². The first-order valence-electron chi connectivity index (χ1n) is 11.0. The topological polar surface area (TPSA) is 107 Å². The van der Waals surface area contributed by atoms with Crippen LogP contribution in [0.4, 0.5) is 0 Å². The Morgan fingerprint density at radius 1 is 0.719 bits per heavy atom. The fraction of sp³-hybridized carbons (Fsp3) is 0.864. The second-order valence-electron chi connectivity index (χ2n) is 8.82. The number of esters is 3. The van der Waals surface area contributed by atoms with Crippen LogP contribution >= 0.6 is 12.6 Å². The molecule has 2 aliphatic heterocycles. The molecule has 0 aromatic carbocycles. The van der Waals surface area contributed by atoms with Crippen LogP contribution in [0.2, 0.25) is 0 Å². The van der Waals surface area contributed by atoms with E-state index in [0.29, 0.717) is 0 Å². The lowest BCUT2D eigenvalue weighted by Crippen LogP contribution is -2.58. The molecular weight excluding hydrogens is 440 g/mol. The minimum Gasteiger partial charge on any atom is -0.463 e. The number of carbonyl (C=O) groups excluding carboxylic acids is 3. The van der Waals surface area contributed by atoms with Gasteiger partial charge in [0.1, 0.15) is 30.9 Å². The van der Waals surface area contributed by atoms with E-state index in [4.69, 9.17) is 28.4 Å². The molecule has 10 heteroatoms. The Morgan fingerprint density at radius 3 is 1.81 bits per heavy atom. The molecule has 0 aromatic heterocycles. The predicted molar refractivity (Wildman–Crippen MR) is 117 cm³/mol. The molecule has 2 aliphatic rings. The molecule has 32 heavy (non-hydrogen) atoms. The average molecular weight is 477 g/mol. The molecule has 0 amide bonds. The van der Waals surface area contributed by atoms with Gasteiger partial charge in [-0.2, -0.15) is 0 Å². The Labute approximate surface area is 195 Å². The van der Waals surface area contributed by atoms with Gasteiger partial charge >= 0.3 is 17.9 Å². The lowest BCUT2D eigenvalue weighted by atomic mass is 9.79. The first-order chi connectivity index (χ1) is 14.9. The number of carbonyl (C=O) groups is 3. The van der Waals surface area contributed by atoms with Gasteiger partial charge in [0.25, 0.3) is 0 Å². The minimum absolute atomic E-state index is 0.0288. The zero-order valence-corrected chi connectivity index (χ0v) is 20.7. The van der Waals surface area contributed by atoms with Crippen molar-refractivity contribution in [2.75, 3.05) is 13.2 Å². The Hall–Kier alpha value is -1.36.